The highest BCUT2D eigenvalue weighted by molar-refractivity contribution is 5.91. The van der Waals surface area contributed by atoms with Crippen LogP contribution < -0.4 is 10.9 Å². The highest BCUT2D eigenvalue weighted by Gasteiger charge is 2.35. The van der Waals surface area contributed by atoms with Crippen molar-refractivity contribution in [2.45, 2.75) is 51.2 Å². The van der Waals surface area contributed by atoms with E-state index in [-0.39, 0.29) is 29.8 Å². The predicted octanol–water partition coefficient (Wildman–Crippen LogP) is 2.90. The zero-order valence-corrected chi connectivity index (χ0v) is 19.5. The Morgan fingerprint density at radius 3 is 2.53 bits per heavy atom. The average Bonchev–Trinajstić information content (AvgIpc) is 2.81. The molecule has 0 spiro atoms. The Morgan fingerprint density at radius 1 is 1.15 bits per heavy atom. The molecule has 8 heteroatoms. The number of hydrogen-bond donors (Lipinski definition) is 2. The van der Waals surface area contributed by atoms with Gasteiger partial charge in [-0.15, -0.1) is 0 Å². The zero-order valence-electron chi connectivity index (χ0n) is 19.5. The molecule has 3 aromatic rings. The number of benzene rings is 2. The van der Waals surface area contributed by atoms with Crippen LogP contribution in [0.1, 0.15) is 44.6 Å². The second kappa shape index (κ2) is 9.77. The number of aliphatic hydroxyl groups is 1. The lowest BCUT2D eigenvalue weighted by Gasteiger charge is -2.38. The van der Waals surface area contributed by atoms with E-state index in [1.807, 2.05) is 37.3 Å². The zero-order chi connectivity index (χ0) is 24.3. The maximum absolute atomic E-state index is 13.0. The van der Waals surface area contributed by atoms with E-state index in [4.69, 9.17) is 0 Å². The molecular weight excluding hydrogens is 432 g/mol. The van der Waals surface area contributed by atoms with Crippen LogP contribution in [0.25, 0.3) is 10.9 Å². The van der Waals surface area contributed by atoms with Crippen molar-refractivity contribution >= 4 is 28.4 Å². The number of carbonyl (C=O) groups is 2. The van der Waals surface area contributed by atoms with Crippen LogP contribution in [-0.4, -0.2) is 50.1 Å². The van der Waals surface area contributed by atoms with Crippen LogP contribution in [0.4, 0.5) is 5.69 Å². The van der Waals surface area contributed by atoms with E-state index < -0.39 is 5.60 Å². The van der Waals surface area contributed by atoms with Crippen molar-refractivity contribution in [2.24, 2.45) is 0 Å². The van der Waals surface area contributed by atoms with Crippen LogP contribution in [0, 0.1) is 0 Å². The fourth-order valence-electron chi connectivity index (χ4n) is 4.49. The quantitative estimate of drug-likeness (QED) is 0.586. The summed E-state index contributed by atoms with van der Waals surface area (Å²) >= 11 is 0. The molecule has 1 aliphatic heterocycles. The summed E-state index contributed by atoms with van der Waals surface area (Å²) in [6.45, 7) is 4.48. The van der Waals surface area contributed by atoms with Gasteiger partial charge in [0.05, 0.1) is 29.4 Å². The molecule has 1 aromatic heterocycles. The van der Waals surface area contributed by atoms with Crippen LogP contribution >= 0.6 is 0 Å². The molecule has 1 atom stereocenters. The number of likely N-dealkylation sites (tertiary alicyclic amines) is 1. The first-order valence-corrected chi connectivity index (χ1v) is 11.6. The summed E-state index contributed by atoms with van der Waals surface area (Å²) in [5.74, 6) is 0.00935. The van der Waals surface area contributed by atoms with Gasteiger partial charge in [-0.25, -0.2) is 4.98 Å². The SMILES string of the molecule is CC(=O)Nc1ccc2c(=O)n(CC3(O)CCN(C(=O)C[C@@H](C)c4ccccc4)CC3)cnc2c1. The number of nitrogens with one attached hydrogen (secondary N) is 1. The molecule has 0 radical (unpaired) electrons. The number of aromatic nitrogens is 2. The standard InChI is InChI=1S/C26H30N4O4/c1-18(20-6-4-3-5-7-20)14-24(32)29-12-10-26(34,11-13-29)16-30-17-27-23-15-21(28-19(2)31)8-9-22(23)25(30)33/h3-9,15,17-18,34H,10-14,16H2,1-2H3,(H,28,31)/t18-/m1/s1. The second-order valence-electron chi connectivity index (χ2n) is 9.21. The average molecular weight is 463 g/mol. The van der Waals surface area contributed by atoms with Crippen molar-refractivity contribution in [3.8, 4) is 0 Å². The first-order chi connectivity index (χ1) is 16.2. The Labute approximate surface area is 198 Å². The minimum atomic E-state index is -1.09. The summed E-state index contributed by atoms with van der Waals surface area (Å²) in [4.78, 5) is 43.2. The van der Waals surface area contributed by atoms with Crippen molar-refractivity contribution in [2.75, 3.05) is 18.4 Å². The third-order valence-corrected chi connectivity index (χ3v) is 6.51. The van der Waals surface area contributed by atoms with Gasteiger partial charge in [-0.3, -0.25) is 19.0 Å². The summed E-state index contributed by atoms with van der Waals surface area (Å²) in [5, 5.41) is 14.2. The van der Waals surface area contributed by atoms with Gasteiger partial charge in [-0.1, -0.05) is 37.3 Å². The largest absolute Gasteiger partial charge is 0.388 e. The molecule has 4 rings (SSSR count). The lowest BCUT2D eigenvalue weighted by molar-refractivity contribution is -0.136. The maximum atomic E-state index is 13.0. The molecule has 1 saturated heterocycles. The van der Waals surface area contributed by atoms with Gasteiger partial charge >= 0.3 is 0 Å². The van der Waals surface area contributed by atoms with Crippen molar-refractivity contribution in [3.05, 3.63) is 70.8 Å². The molecule has 178 valence electrons. The predicted molar refractivity (Wildman–Crippen MR) is 131 cm³/mol. The molecule has 2 N–H and O–H groups in total. The summed E-state index contributed by atoms with van der Waals surface area (Å²) in [5.41, 5.74) is 0.853. The second-order valence-corrected chi connectivity index (χ2v) is 9.21. The number of amides is 2. The Kier molecular flexibility index (Phi) is 6.79. The molecule has 0 bridgehead atoms. The van der Waals surface area contributed by atoms with Crippen molar-refractivity contribution < 1.29 is 14.7 Å². The van der Waals surface area contributed by atoms with E-state index in [1.54, 1.807) is 23.1 Å². The van der Waals surface area contributed by atoms with Gasteiger partial charge in [0.25, 0.3) is 5.56 Å². The number of piperidine rings is 1. The molecule has 1 aliphatic rings. The highest BCUT2D eigenvalue weighted by atomic mass is 16.3. The van der Waals surface area contributed by atoms with Crippen LogP contribution in [0.5, 0.6) is 0 Å². The Hall–Kier alpha value is -3.52. The molecule has 34 heavy (non-hydrogen) atoms. The van der Waals surface area contributed by atoms with Gasteiger partial charge < -0.3 is 15.3 Å². The van der Waals surface area contributed by atoms with Crippen LogP contribution in [0.3, 0.4) is 0 Å². The lowest BCUT2D eigenvalue weighted by atomic mass is 9.90. The Bertz CT molecular complexity index is 1250. The van der Waals surface area contributed by atoms with Gasteiger partial charge in [0.2, 0.25) is 11.8 Å². The molecule has 2 heterocycles. The van der Waals surface area contributed by atoms with Crippen molar-refractivity contribution in [1.29, 1.82) is 0 Å². The minimum Gasteiger partial charge on any atom is -0.388 e. The van der Waals surface area contributed by atoms with E-state index in [9.17, 15) is 19.5 Å². The van der Waals surface area contributed by atoms with Gasteiger partial charge in [0.1, 0.15) is 0 Å². The molecule has 0 unspecified atom stereocenters. The summed E-state index contributed by atoms with van der Waals surface area (Å²) in [6, 6.07) is 14.9. The van der Waals surface area contributed by atoms with Gasteiger partial charge in [0.15, 0.2) is 0 Å². The molecule has 1 fully saturated rings. The molecule has 0 saturated carbocycles. The molecule has 0 aliphatic carbocycles. The number of anilines is 1. The first kappa shape index (κ1) is 23.6. The monoisotopic (exact) mass is 462 g/mol. The number of hydrogen-bond acceptors (Lipinski definition) is 5. The summed E-state index contributed by atoms with van der Waals surface area (Å²) in [7, 11) is 0. The lowest BCUT2D eigenvalue weighted by Crippen LogP contribution is -2.49. The van der Waals surface area contributed by atoms with Gasteiger partial charge in [-0.05, 0) is 42.5 Å². The minimum absolute atomic E-state index is 0.0814. The fraction of sp³-hybridized carbons (Fsp3) is 0.385. The third-order valence-electron chi connectivity index (χ3n) is 6.51. The topological polar surface area (TPSA) is 105 Å². The molecule has 2 amide bonds. The van der Waals surface area contributed by atoms with Gasteiger partial charge in [0, 0.05) is 32.1 Å². The normalized spacial score (nSPS) is 16.3. The van der Waals surface area contributed by atoms with Gasteiger partial charge in [-0.2, -0.15) is 0 Å². The van der Waals surface area contributed by atoms with Crippen molar-refractivity contribution in [3.63, 3.8) is 0 Å². The van der Waals surface area contributed by atoms with E-state index >= 15 is 0 Å². The fourth-order valence-corrected chi connectivity index (χ4v) is 4.49. The number of fused-ring (bicyclic) bond motifs is 1. The van der Waals surface area contributed by atoms with E-state index in [0.29, 0.717) is 48.9 Å². The van der Waals surface area contributed by atoms with Crippen LogP contribution in [0.2, 0.25) is 0 Å². The summed E-state index contributed by atoms with van der Waals surface area (Å²) < 4.78 is 1.43. The van der Waals surface area contributed by atoms with Crippen molar-refractivity contribution in [1.82, 2.24) is 14.5 Å². The smallest absolute Gasteiger partial charge is 0.261 e. The highest BCUT2D eigenvalue weighted by Crippen LogP contribution is 2.26. The molecular formula is C26H30N4O4. The summed E-state index contributed by atoms with van der Waals surface area (Å²) in [6.07, 6.45) is 2.64. The van der Waals surface area contributed by atoms with E-state index in [0.717, 1.165) is 5.56 Å². The molecule has 8 nitrogen and oxygen atoms in total. The first-order valence-electron chi connectivity index (χ1n) is 11.6. The van der Waals surface area contributed by atoms with E-state index in [1.165, 1.54) is 17.8 Å². The van der Waals surface area contributed by atoms with Crippen LogP contribution in [0.15, 0.2) is 59.7 Å². The maximum Gasteiger partial charge on any atom is 0.261 e. The van der Waals surface area contributed by atoms with E-state index in [2.05, 4.69) is 10.3 Å². The Balaban J connectivity index is 1.39. The third kappa shape index (κ3) is 5.34. The number of nitrogens with zero attached hydrogens (tertiary/aromatic N) is 3. The number of carbonyl (C=O) groups excluding carboxylic acids is 2. The Morgan fingerprint density at radius 2 is 1.85 bits per heavy atom. The number of rotatable bonds is 6. The van der Waals surface area contributed by atoms with Crippen LogP contribution in [-0.2, 0) is 16.1 Å². The molecule has 2 aromatic carbocycles.